The Kier molecular flexibility index (Phi) is 6.40. The van der Waals surface area contributed by atoms with Crippen LogP contribution in [0.4, 0.5) is 5.69 Å². The van der Waals surface area contributed by atoms with Crippen LogP contribution in [0.2, 0.25) is 0 Å². The summed E-state index contributed by atoms with van der Waals surface area (Å²) in [6.45, 7) is 5.92. The molecule has 40 heavy (non-hydrogen) atoms. The molecule has 0 radical (unpaired) electrons. The second kappa shape index (κ2) is 9.85. The zero-order valence-electron chi connectivity index (χ0n) is 23.0. The summed E-state index contributed by atoms with van der Waals surface area (Å²) in [6, 6.07) is 18.7. The van der Waals surface area contributed by atoms with Gasteiger partial charge < -0.3 is 9.47 Å². The van der Waals surface area contributed by atoms with Gasteiger partial charge >= 0.3 is 0 Å². The topological polar surface area (TPSA) is 84.2 Å². The third-order valence-corrected chi connectivity index (χ3v) is 11.8. The van der Waals surface area contributed by atoms with Crippen LogP contribution in [-0.2, 0) is 22.5 Å². The highest BCUT2D eigenvalue weighted by Crippen LogP contribution is 2.59. The van der Waals surface area contributed by atoms with Crippen LogP contribution >= 0.6 is 11.8 Å². The lowest BCUT2D eigenvalue weighted by Crippen LogP contribution is -2.28. The molecule has 2 aromatic carbocycles. The fourth-order valence-electron chi connectivity index (χ4n) is 6.67. The number of anilines is 1. The summed E-state index contributed by atoms with van der Waals surface area (Å²) in [5.74, 6) is 2.83. The van der Waals surface area contributed by atoms with Crippen LogP contribution in [-0.4, -0.2) is 70.8 Å². The number of benzene rings is 2. The summed E-state index contributed by atoms with van der Waals surface area (Å²) in [4.78, 5) is 7.26. The minimum Gasteiger partial charge on any atom is -0.305 e. The normalized spacial score (nSPS) is 23.6. The summed E-state index contributed by atoms with van der Waals surface area (Å²) >= 11 is 1.77. The highest BCUT2D eigenvalue weighted by atomic mass is 32.2. The van der Waals surface area contributed by atoms with Gasteiger partial charge in [-0.25, -0.2) is 8.42 Å². The molecule has 10 heteroatoms. The molecular formula is C30H34N6O2S2. The molecule has 2 saturated heterocycles. The van der Waals surface area contributed by atoms with E-state index in [4.69, 9.17) is 0 Å². The second-order valence-electron chi connectivity index (χ2n) is 11.5. The number of hydrogen-bond acceptors (Lipinski definition) is 7. The number of fused-ring (bicyclic) bond motifs is 2. The van der Waals surface area contributed by atoms with Crippen molar-refractivity contribution in [1.82, 2.24) is 24.6 Å². The average molecular weight is 575 g/mol. The van der Waals surface area contributed by atoms with Crippen molar-refractivity contribution in [3.63, 3.8) is 0 Å². The molecule has 3 aliphatic rings. The highest BCUT2D eigenvalue weighted by molar-refractivity contribution is 7.99. The minimum absolute atomic E-state index is 0.250. The van der Waals surface area contributed by atoms with Gasteiger partial charge in [0.2, 0.25) is 10.0 Å². The number of hydrogen-bond donors (Lipinski definition) is 0. The Bertz CT molecular complexity index is 1690. The molecule has 0 amide bonds. The van der Waals surface area contributed by atoms with Crippen molar-refractivity contribution in [1.29, 1.82) is 0 Å². The molecule has 2 atom stereocenters. The molecule has 7 rings (SSSR count). The van der Waals surface area contributed by atoms with Crippen LogP contribution in [0.15, 0.2) is 59.8 Å². The number of piperidine rings is 1. The molecule has 1 aliphatic carbocycles. The second-order valence-corrected chi connectivity index (χ2v) is 14.5. The van der Waals surface area contributed by atoms with E-state index in [1.165, 1.54) is 12.0 Å². The van der Waals surface area contributed by atoms with Gasteiger partial charge in [0.25, 0.3) is 0 Å². The van der Waals surface area contributed by atoms with Crippen molar-refractivity contribution < 1.29 is 8.42 Å². The van der Waals surface area contributed by atoms with Crippen LogP contribution in [0.25, 0.3) is 22.3 Å². The lowest BCUT2D eigenvalue weighted by Gasteiger charge is -2.22. The minimum atomic E-state index is -3.13. The van der Waals surface area contributed by atoms with E-state index in [0.29, 0.717) is 18.9 Å². The number of aryl methyl sites for hydroxylation is 1. The van der Waals surface area contributed by atoms with Gasteiger partial charge in [0.15, 0.2) is 11.0 Å². The number of thioether (sulfide) groups is 1. The standard InChI is InChI=1S/C30H34N6O2S2/c1-21-8-13-25-26(6-3-7-27(25)31-21)28-32-33-29(34(28)2)39-16-4-14-35-19-23-18-30(23,20-35)22-9-11-24(12-10-22)36-15-5-17-40(36,37)38/h3,6-13,23H,4-5,14-20H2,1-2H3/t23-,30+/m1/s1. The van der Waals surface area contributed by atoms with Gasteiger partial charge in [-0.15, -0.1) is 10.2 Å². The molecule has 4 aromatic rings. The Morgan fingerprint density at radius 3 is 2.73 bits per heavy atom. The molecule has 2 aliphatic heterocycles. The number of rotatable bonds is 8. The molecule has 1 saturated carbocycles. The lowest BCUT2D eigenvalue weighted by molar-refractivity contribution is 0.299. The van der Waals surface area contributed by atoms with Crippen molar-refractivity contribution in [2.24, 2.45) is 13.0 Å². The zero-order chi connectivity index (χ0) is 27.5. The average Bonchev–Trinajstić information content (AvgIpc) is 3.18. The Morgan fingerprint density at radius 1 is 1.07 bits per heavy atom. The molecule has 0 N–H and O–H groups in total. The fourth-order valence-corrected chi connectivity index (χ4v) is 9.07. The lowest BCUT2D eigenvalue weighted by atomic mass is 9.95. The van der Waals surface area contributed by atoms with E-state index in [9.17, 15) is 8.42 Å². The summed E-state index contributed by atoms with van der Waals surface area (Å²) in [7, 11) is -1.09. The summed E-state index contributed by atoms with van der Waals surface area (Å²) < 4.78 is 28.2. The van der Waals surface area contributed by atoms with Gasteiger partial charge in [0, 0.05) is 54.5 Å². The molecule has 0 spiro atoms. The quantitative estimate of drug-likeness (QED) is 0.224. The third-order valence-electron chi connectivity index (χ3n) is 8.84. The molecule has 3 fully saturated rings. The smallest absolute Gasteiger partial charge is 0.235 e. The molecule has 208 valence electrons. The van der Waals surface area contributed by atoms with E-state index < -0.39 is 10.0 Å². The van der Waals surface area contributed by atoms with Crippen LogP contribution in [0, 0.1) is 12.8 Å². The molecule has 0 unspecified atom stereocenters. The van der Waals surface area contributed by atoms with E-state index in [-0.39, 0.29) is 11.2 Å². The maximum atomic E-state index is 12.3. The zero-order valence-corrected chi connectivity index (χ0v) is 24.6. The summed E-state index contributed by atoms with van der Waals surface area (Å²) in [6.07, 6.45) is 3.05. The molecular weight excluding hydrogens is 541 g/mol. The van der Waals surface area contributed by atoms with Crippen LogP contribution in [0.5, 0.6) is 0 Å². The van der Waals surface area contributed by atoms with Crippen LogP contribution < -0.4 is 4.31 Å². The van der Waals surface area contributed by atoms with E-state index >= 15 is 0 Å². The van der Waals surface area contributed by atoms with Crippen molar-refractivity contribution in [3.8, 4) is 11.4 Å². The Hall–Kier alpha value is -2.95. The molecule has 4 heterocycles. The summed E-state index contributed by atoms with van der Waals surface area (Å²) in [5.41, 5.74) is 5.46. The van der Waals surface area contributed by atoms with Gasteiger partial charge in [-0.2, -0.15) is 0 Å². The van der Waals surface area contributed by atoms with Crippen molar-refractivity contribution in [2.45, 2.75) is 36.8 Å². The predicted octanol–water partition coefficient (Wildman–Crippen LogP) is 4.63. The van der Waals surface area contributed by atoms with Gasteiger partial charge in [0.05, 0.1) is 17.0 Å². The van der Waals surface area contributed by atoms with Crippen LogP contribution in [0.3, 0.4) is 0 Å². The Morgan fingerprint density at radius 2 is 1.93 bits per heavy atom. The maximum Gasteiger partial charge on any atom is 0.235 e. The van der Waals surface area contributed by atoms with E-state index in [1.54, 1.807) is 16.1 Å². The first-order chi connectivity index (χ1) is 19.3. The Labute approximate surface area is 239 Å². The fraction of sp³-hybridized carbons (Fsp3) is 0.433. The van der Waals surface area contributed by atoms with Gasteiger partial charge in [-0.3, -0.25) is 9.29 Å². The van der Waals surface area contributed by atoms with Gasteiger partial charge in [-0.1, -0.05) is 42.1 Å². The van der Waals surface area contributed by atoms with Gasteiger partial charge in [0.1, 0.15) is 0 Å². The van der Waals surface area contributed by atoms with Gasteiger partial charge in [-0.05, 0) is 68.5 Å². The first-order valence-corrected chi connectivity index (χ1v) is 16.7. The Balaban J connectivity index is 0.945. The number of aromatic nitrogens is 4. The van der Waals surface area contributed by atoms with Crippen LogP contribution in [0.1, 0.15) is 30.5 Å². The number of sulfonamides is 1. The summed E-state index contributed by atoms with van der Waals surface area (Å²) in [5, 5.41) is 11.1. The number of likely N-dealkylation sites (tertiary alicyclic amines) is 1. The predicted molar refractivity (Wildman–Crippen MR) is 160 cm³/mol. The molecule has 2 aromatic heterocycles. The highest BCUT2D eigenvalue weighted by Gasteiger charge is 2.60. The maximum absolute atomic E-state index is 12.3. The first kappa shape index (κ1) is 26.0. The van der Waals surface area contributed by atoms with Crippen molar-refractivity contribution in [3.05, 3.63) is 65.9 Å². The SMILES string of the molecule is Cc1ccc2c(-c3nnc(SCCCN4C[C@H]5C[C@@]5(c5ccc(N6CCCS6(=O)=O)cc5)C4)n3C)cccc2n1. The monoisotopic (exact) mass is 574 g/mol. The van der Waals surface area contributed by atoms with E-state index in [2.05, 4.69) is 48.9 Å². The molecule has 8 nitrogen and oxygen atoms in total. The van der Waals surface area contributed by atoms with E-state index in [1.807, 2.05) is 44.3 Å². The largest absolute Gasteiger partial charge is 0.305 e. The molecule has 0 bridgehead atoms. The van der Waals surface area contributed by atoms with E-state index in [0.717, 1.165) is 70.6 Å². The van der Waals surface area contributed by atoms with Crippen molar-refractivity contribution >= 4 is 38.4 Å². The first-order valence-electron chi connectivity index (χ1n) is 14.1. The third kappa shape index (κ3) is 4.50. The number of nitrogens with zero attached hydrogens (tertiary/aromatic N) is 6. The number of pyridine rings is 1. The van der Waals surface area contributed by atoms with Crippen molar-refractivity contribution in [2.75, 3.05) is 42.0 Å².